The number of aromatic nitrogens is 2. The summed E-state index contributed by atoms with van der Waals surface area (Å²) in [4.78, 5) is 10.8. The first-order valence-corrected chi connectivity index (χ1v) is 7.04. The van der Waals surface area contributed by atoms with Crippen molar-refractivity contribution in [1.82, 2.24) is 9.97 Å². The summed E-state index contributed by atoms with van der Waals surface area (Å²) in [5, 5.41) is 0. The Morgan fingerprint density at radius 3 is 2.90 bits per heavy atom. The SMILES string of the molecule is CCOc1ccc2c(c1)CN(c1cc(C)ncn1)CC2. The second-order valence-corrected chi connectivity index (χ2v) is 5.05. The summed E-state index contributed by atoms with van der Waals surface area (Å²) in [5.41, 5.74) is 3.75. The molecular formula is C16H19N3O. The van der Waals surface area contributed by atoms with Gasteiger partial charge in [-0.15, -0.1) is 0 Å². The second kappa shape index (κ2) is 5.49. The van der Waals surface area contributed by atoms with E-state index in [1.165, 1.54) is 11.1 Å². The minimum atomic E-state index is 0.702. The number of ether oxygens (including phenoxy) is 1. The van der Waals surface area contributed by atoms with Crippen LogP contribution in [0.25, 0.3) is 0 Å². The lowest BCUT2D eigenvalue weighted by atomic mass is 9.99. The fourth-order valence-electron chi connectivity index (χ4n) is 2.60. The van der Waals surface area contributed by atoms with E-state index in [0.29, 0.717) is 6.61 Å². The van der Waals surface area contributed by atoms with Crippen LogP contribution in [0, 0.1) is 6.92 Å². The predicted molar refractivity (Wildman–Crippen MR) is 79.1 cm³/mol. The molecule has 0 amide bonds. The zero-order valence-electron chi connectivity index (χ0n) is 12.0. The molecule has 1 aliphatic rings. The third-order valence-electron chi connectivity index (χ3n) is 3.61. The van der Waals surface area contributed by atoms with E-state index < -0.39 is 0 Å². The summed E-state index contributed by atoms with van der Waals surface area (Å²) < 4.78 is 5.59. The standard InChI is InChI=1S/C16H19N3O/c1-3-20-15-5-4-13-6-7-19(10-14(13)9-15)16-8-12(2)17-11-18-16/h4-5,8-9,11H,3,6-7,10H2,1-2H3. The van der Waals surface area contributed by atoms with Crippen molar-refractivity contribution in [3.8, 4) is 5.75 Å². The molecule has 1 aliphatic heterocycles. The van der Waals surface area contributed by atoms with E-state index in [0.717, 1.165) is 36.8 Å². The summed E-state index contributed by atoms with van der Waals surface area (Å²) in [6, 6.07) is 8.44. The van der Waals surface area contributed by atoms with Gasteiger partial charge < -0.3 is 9.64 Å². The summed E-state index contributed by atoms with van der Waals surface area (Å²) in [7, 11) is 0. The highest BCUT2D eigenvalue weighted by molar-refractivity contribution is 5.46. The molecule has 0 unspecified atom stereocenters. The van der Waals surface area contributed by atoms with Gasteiger partial charge in [-0.3, -0.25) is 0 Å². The topological polar surface area (TPSA) is 38.2 Å². The van der Waals surface area contributed by atoms with Crippen molar-refractivity contribution in [2.24, 2.45) is 0 Å². The van der Waals surface area contributed by atoms with Gasteiger partial charge in [0.25, 0.3) is 0 Å². The van der Waals surface area contributed by atoms with Gasteiger partial charge in [0.2, 0.25) is 0 Å². The van der Waals surface area contributed by atoms with Crippen LogP contribution >= 0.6 is 0 Å². The lowest BCUT2D eigenvalue weighted by molar-refractivity contribution is 0.339. The molecule has 2 aromatic rings. The quantitative estimate of drug-likeness (QED) is 0.858. The maximum absolute atomic E-state index is 5.59. The lowest BCUT2D eigenvalue weighted by Gasteiger charge is -2.30. The maximum atomic E-state index is 5.59. The fraction of sp³-hybridized carbons (Fsp3) is 0.375. The van der Waals surface area contributed by atoms with E-state index >= 15 is 0 Å². The number of fused-ring (bicyclic) bond motifs is 1. The first kappa shape index (κ1) is 12.9. The zero-order valence-corrected chi connectivity index (χ0v) is 12.0. The highest BCUT2D eigenvalue weighted by Gasteiger charge is 2.18. The van der Waals surface area contributed by atoms with E-state index in [4.69, 9.17) is 4.74 Å². The van der Waals surface area contributed by atoms with Crippen LogP contribution in [0.3, 0.4) is 0 Å². The Balaban J connectivity index is 1.85. The van der Waals surface area contributed by atoms with Crippen LogP contribution in [0.1, 0.15) is 23.7 Å². The van der Waals surface area contributed by atoms with Crippen LogP contribution in [-0.4, -0.2) is 23.1 Å². The van der Waals surface area contributed by atoms with Crippen molar-refractivity contribution < 1.29 is 4.74 Å². The van der Waals surface area contributed by atoms with E-state index in [1.807, 2.05) is 19.9 Å². The van der Waals surface area contributed by atoms with Crippen molar-refractivity contribution in [2.45, 2.75) is 26.8 Å². The number of aryl methyl sites for hydroxylation is 1. The van der Waals surface area contributed by atoms with Crippen molar-refractivity contribution in [1.29, 1.82) is 0 Å². The van der Waals surface area contributed by atoms with Crippen molar-refractivity contribution >= 4 is 5.82 Å². The molecule has 1 aromatic carbocycles. The number of benzene rings is 1. The molecule has 0 radical (unpaired) electrons. The lowest BCUT2D eigenvalue weighted by Crippen LogP contribution is -2.31. The summed E-state index contributed by atoms with van der Waals surface area (Å²) >= 11 is 0. The molecule has 0 atom stereocenters. The van der Waals surface area contributed by atoms with Gasteiger partial charge in [0, 0.05) is 24.8 Å². The molecule has 4 nitrogen and oxygen atoms in total. The Morgan fingerprint density at radius 2 is 2.10 bits per heavy atom. The van der Waals surface area contributed by atoms with Crippen LogP contribution in [0.2, 0.25) is 0 Å². The molecule has 1 aromatic heterocycles. The smallest absolute Gasteiger partial charge is 0.132 e. The van der Waals surface area contributed by atoms with Gasteiger partial charge >= 0.3 is 0 Å². The number of rotatable bonds is 3. The van der Waals surface area contributed by atoms with Gasteiger partial charge in [0.15, 0.2) is 0 Å². The molecule has 20 heavy (non-hydrogen) atoms. The Kier molecular flexibility index (Phi) is 3.54. The Labute approximate surface area is 119 Å². The van der Waals surface area contributed by atoms with Crippen LogP contribution < -0.4 is 9.64 Å². The molecule has 4 heteroatoms. The number of hydrogen-bond acceptors (Lipinski definition) is 4. The highest BCUT2D eigenvalue weighted by Crippen LogP contribution is 2.26. The van der Waals surface area contributed by atoms with E-state index in [1.54, 1.807) is 6.33 Å². The third kappa shape index (κ3) is 2.59. The van der Waals surface area contributed by atoms with E-state index in [-0.39, 0.29) is 0 Å². The largest absolute Gasteiger partial charge is 0.494 e. The van der Waals surface area contributed by atoms with Crippen molar-refractivity contribution in [3.63, 3.8) is 0 Å². The van der Waals surface area contributed by atoms with Gasteiger partial charge in [-0.05, 0) is 43.5 Å². The molecule has 2 heterocycles. The number of nitrogens with zero attached hydrogens (tertiary/aromatic N) is 3. The van der Waals surface area contributed by atoms with Crippen molar-refractivity contribution in [3.05, 3.63) is 47.4 Å². The Bertz CT molecular complexity index is 612. The summed E-state index contributed by atoms with van der Waals surface area (Å²) in [5.74, 6) is 1.96. The van der Waals surface area contributed by atoms with Gasteiger partial charge in [0.1, 0.15) is 17.9 Å². The minimum Gasteiger partial charge on any atom is -0.494 e. The molecule has 0 fully saturated rings. The van der Waals surface area contributed by atoms with Crippen LogP contribution in [0.4, 0.5) is 5.82 Å². The van der Waals surface area contributed by atoms with E-state index in [2.05, 4.69) is 33.1 Å². The first-order valence-electron chi connectivity index (χ1n) is 7.04. The first-order chi connectivity index (χ1) is 9.76. The number of anilines is 1. The monoisotopic (exact) mass is 269 g/mol. The fourth-order valence-corrected chi connectivity index (χ4v) is 2.60. The van der Waals surface area contributed by atoms with Crippen LogP contribution in [0.5, 0.6) is 5.75 Å². The molecule has 0 saturated carbocycles. The molecule has 3 rings (SSSR count). The molecule has 0 aliphatic carbocycles. The molecule has 0 saturated heterocycles. The summed E-state index contributed by atoms with van der Waals surface area (Å²) in [6.45, 7) is 6.59. The third-order valence-corrected chi connectivity index (χ3v) is 3.61. The minimum absolute atomic E-state index is 0.702. The van der Waals surface area contributed by atoms with Gasteiger partial charge in [0.05, 0.1) is 6.61 Å². The zero-order chi connectivity index (χ0) is 13.9. The molecule has 0 bridgehead atoms. The normalized spacial score (nSPS) is 14.0. The maximum Gasteiger partial charge on any atom is 0.132 e. The van der Waals surface area contributed by atoms with Crippen LogP contribution in [0.15, 0.2) is 30.6 Å². The molecule has 0 N–H and O–H groups in total. The Hall–Kier alpha value is -2.10. The van der Waals surface area contributed by atoms with Crippen LogP contribution in [-0.2, 0) is 13.0 Å². The molecule has 0 spiro atoms. The Morgan fingerprint density at radius 1 is 1.20 bits per heavy atom. The highest BCUT2D eigenvalue weighted by atomic mass is 16.5. The van der Waals surface area contributed by atoms with Gasteiger partial charge in [-0.25, -0.2) is 9.97 Å². The second-order valence-electron chi connectivity index (χ2n) is 5.05. The van der Waals surface area contributed by atoms with E-state index in [9.17, 15) is 0 Å². The average Bonchev–Trinajstić information content (AvgIpc) is 2.47. The van der Waals surface area contributed by atoms with Crippen molar-refractivity contribution in [2.75, 3.05) is 18.1 Å². The van der Waals surface area contributed by atoms with Gasteiger partial charge in [-0.2, -0.15) is 0 Å². The number of hydrogen-bond donors (Lipinski definition) is 0. The predicted octanol–water partition coefficient (Wildman–Crippen LogP) is 2.75. The molecular weight excluding hydrogens is 250 g/mol. The summed E-state index contributed by atoms with van der Waals surface area (Å²) in [6.07, 6.45) is 2.68. The van der Waals surface area contributed by atoms with Gasteiger partial charge in [-0.1, -0.05) is 6.07 Å². The molecule has 104 valence electrons. The average molecular weight is 269 g/mol.